The summed E-state index contributed by atoms with van der Waals surface area (Å²) in [6.45, 7) is 2.87. The average Bonchev–Trinajstić information content (AvgIpc) is 2.75. The molecule has 1 atom stereocenters. The second-order valence-corrected chi connectivity index (χ2v) is 6.81. The van der Waals surface area contributed by atoms with Crippen LogP contribution in [-0.4, -0.2) is 40.0 Å². The maximum Gasteiger partial charge on any atom is 0.161 e. The van der Waals surface area contributed by atoms with E-state index in [0.717, 1.165) is 11.1 Å². The van der Waals surface area contributed by atoms with Gasteiger partial charge in [0.05, 0.1) is 34.4 Å². The van der Waals surface area contributed by atoms with Gasteiger partial charge in [0.25, 0.3) is 0 Å². The zero-order valence-electron chi connectivity index (χ0n) is 18.2. The molecule has 0 amide bonds. The molecule has 160 valence electrons. The molecule has 6 heteroatoms. The number of carbonyl (C=O) groups is 2. The second kappa shape index (κ2) is 10.5. The van der Waals surface area contributed by atoms with E-state index in [1.807, 2.05) is 30.4 Å². The average molecular weight is 412 g/mol. The SMILES string of the molecule is COc1ccc(/C=C/[C@@H](c2ccc(OC)c(OC)c2)C(C(C)=O)C(C)=O)cc1OC. The number of hydrogen-bond acceptors (Lipinski definition) is 6. The van der Waals surface area contributed by atoms with E-state index in [4.69, 9.17) is 18.9 Å². The molecule has 2 aromatic rings. The van der Waals surface area contributed by atoms with E-state index in [9.17, 15) is 9.59 Å². The van der Waals surface area contributed by atoms with E-state index in [-0.39, 0.29) is 11.6 Å². The molecule has 6 nitrogen and oxygen atoms in total. The lowest BCUT2D eigenvalue weighted by molar-refractivity contribution is -0.130. The zero-order chi connectivity index (χ0) is 22.3. The van der Waals surface area contributed by atoms with Crippen molar-refractivity contribution in [2.24, 2.45) is 5.92 Å². The van der Waals surface area contributed by atoms with Crippen molar-refractivity contribution in [2.45, 2.75) is 19.8 Å². The largest absolute Gasteiger partial charge is 0.493 e. The Bertz CT molecular complexity index is 917. The van der Waals surface area contributed by atoms with Gasteiger partial charge in [-0.05, 0) is 49.2 Å². The number of allylic oxidation sites excluding steroid dienone is 1. The highest BCUT2D eigenvalue weighted by Gasteiger charge is 2.30. The summed E-state index contributed by atoms with van der Waals surface area (Å²) in [6.07, 6.45) is 3.72. The fourth-order valence-electron chi connectivity index (χ4n) is 3.44. The standard InChI is InChI=1S/C24H28O6/c1-15(25)24(16(2)26)19(18-9-12-21(28-4)23(14-18)30-6)10-7-17-8-11-20(27-3)22(13-17)29-5/h7-14,19,24H,1-6H3/b10-7+/t19-/m0/s1. The number of ether oxygens (including phenoxy) is 4. The van der Waals surface area contributed by atoms with Gasteiger partial charge in [-0.1, -0.05) is 24.3 Å². The second-order valence-electron chi connectivity index (χ2n) is 6.81. The molecule has 0 radical (unpaired) electrons. The monoisotopic (exact) mass is 412 g/mol. The molecule has 0 saturated carbocycles. The third-order valence-corrected chi connectivity index (χ3v) is 4.93. The van der Waals surface area contributed by atoms with E-state index in [2.05, 4.69) is 0 Å². The number of carbonyl (C=O) groups excluding carboxylic acids is 2. The number of hydrogen-bond donors (Lipinski definition) is 0. The van der Waals surface area contributed by atoms with Crippen molar-refractivity contribution in [3.05, 3.63) is 53.6 Å². The van der Waals surface area contributed by atoms with Crippen LogP contribution in [0.4, 0.5) is 0 Å². The van der Waals surface area contributed by atoms with Crippen molar-refractivity contribution in [3.63, 3.8) is 0 Å². The summed E-state index contributed by atoms with van der Waals surface area (Å²) >= 11 is 0. The van der Waals surface area contributed by atoms with Crippen molar-refractivity contribution in [3.8, 4) is 23.0 Å². The normalized spacial score (nSPS) is 12.0. The summed E-state index contributed by atoms with van der Waals surface area (Å²) in [6, 6.07) is 10.9. The first-order valence-electron chi connectivity index (χ1n) is 9.49. The molecule has 0 aliphatic carbocycles. The maximum absolute atomic E-state index is 12.3. The Morgan fingerprint density at radius 1 is 0.733 bits per heavy atom. The fraction of sp³-hybridized carbons (Fsp3) is 0.333. The van der Waals surface area contributed by atoms with Crippen LogP contribution in [0.5, 0.6) is 23.0 Å². The van der Waals surface area contributed by atoms with Crippen molar-refractivity contribution in [1.29, 1.82) is 0 Å². The van der Waals surface area contributed by atoms with Crippen molar-refractivity contribution in [1.82, 2.24) is 0 Å². The Morgan fingerprint density at radius 3 is 1.73 bits per heavy atom. The summed E-state index contributed by atoms with van der Waals surface area (Å²) in [4.78, 5) is 24.7. The van der Waals surface area contributed by atoms with Gasteiger partial charge in [0.15, 0.2) is 23.0 Å². The van der Waals surface area contributed by atoms with E-state index in [1.54, 1.807) is 46.6 Å². The van der Waals surface area contributed by atoms with E-state index in [0.29, 0.717) is 23.0 Å². The topological polar surface area (TPSA) is 71.1 Å². The van der Waals surface area contributed by atoms with Gasteiger partial charge < -0.3 is 18.9 Å². The van der Waals surface area contributed by atoms with Gasteiger partial charge in [0.2, 0.25) is 0 Å². The highest BCUT2D eigenvalue weighted by molar-refractivity contribution is 6.01. The van der Waals surface area contributed by atoms with E-state index >= 15 is 0 Å². The molecule has 0 aliphatic rings. The van der Waals surface area contributed by atoms with Gasteiger partial charge in [-0.15, -0.1) is 0 Å². The van der Waals surface area contributed by atoms with Crippen molar-refractivity contribution < 1.29 is 28.5 Å². The molecule has 2 aromatic carbocycles. The van der Waals surface area contributed by atoms with E-state index < -0.39 is 11.8 Å². The van der Waals surface area contributed by atoms with Crippen molar-refractivity contribution >= 4 is 17.6 Å². The van der Waals surface area contributed by atoms with Crippen LogP contribution in [0.15, 0.2) is 42.5 Å². The van der Waals surface area contributed by atoms with Crippen LogP contribution in [0.3, 0.4) is 0 Å². The Kier molecular flexibility index (Phi) is 8.04. The van der Waals surface area contributed by atoms with Gasteiger partial charge >= 0.3 is 0 Å². The van der Waals surface area contributed by atoms with E-state index in [1.165, 1.54) is 13.8 Å². The van der Waals surface area contributed by atoms with Gasteiger partial charge in [-0.2, -0.15) is 0 Å². The van der Waals surface area contributed by atoms with Crippen LogP contribution in [0.2, 0.25) is 0 Å². The lowest BCUT2D eigenvalue weighted by Crippen LogP contribution is -2.26. The number of ketones is 2. The molecule has 0 unspecified atom stereocenters. The summed E-state index contributed by atoms with van der Waals surface area (Å²) < 4.78 is 21.3. The maximum atomic E-state index is 12.3. The van der Waals surface area contributed by atoms with Gasteiger partial charge in [-0.25, -0.2) is 0 Å². The van der Waals surface area contributed by atoms with Crippen LogP contribution >= 0.6 is 0 Å². The van der Waals surface area contributed by atoms with Crippen LogP contribution in [-0.2, 0) is 9.59 Å². The number of benzene rings is 2. The fourth-order valence-corrected chi connectivity index (χ4v) is 3.44. The van der Waals surface area contributed by atoms with Crippen LogP contribution in [0.25, 0.3) is 6.08 Å². The highest BCUT2D eigenvalue weighted by Crippen LogP contribution is 2.36. The Morgan fingerprint density at radius 2 is 1.23 bits per heavy atom. The highest BCUT2D eigenvalue weighted by atomic mass is 16.5. The number of Topliss-reactive ketones (excluding diaryl/α,β-unsaturated/α-hetero) is 2. The van der Waals surface area contributed by atoms with Crippen LogP contribution < -0.4 is 18.9 Å². The van der Waals surface area contributed by atoms with Crippen LogP contribution in [0.1, 0.15) is 30.9 Å². The van der Waals surface area contributed by atoms with Crippen LogP contribution in [0, 0.1) is 5.92 Å². The first-order chi connectivity index (χ1) is 14.4. The minimum absolute atomic E-state index is 0.195. The first kappa shape index (κ1) is 23.0. The van der Waals surface area contributed by atoms with Gasteiger partial charge in [0.1, 0.15) is 11.6 Å². The molecule has 0 N–H and O–H groups in total. The molecule has 0 bridgehead atoms. The number of methoxy groups -OCH3 is 4. The predicted molar refractivity (Wildman–Crippen MR) is 116 cm³/mol. The van der Waals surface area contributed by atoms with Gasteiger partial charge in [-0.3, -0.25) is 9.59 Å². The molecule has 0 fully saturated rings. The molecule has 0 aliphatic heterocycles. The Hall–Kier alpha value is -3.28. The molecular formula is C24H28O6. The Balaban J connectivity index is 2.53. The van der Waals surface area contributed by atoms with Crippen molar-refractivity contribution in [2.75, 3.05) is 28.4 Å². The molecular weight excluding hydrogens is 384 g/mol. The molecule has 0 heterocycles. The molecule has 2 rings (SSSR count). The smallest absolute Gasteiger partial charge is 0.161 e. The van der Waals surface area contributed by atoms with Gasteiger partial charge in [0, 0.05) is 5.92 Å². The predicted octanol–water partition coefficient (Wildman–Crippen LogP) is 4.31. The minimum Gasteiger partial charge on any atom is -0.493 e. The lowest BCUT2D eigenvalue weighted by atomic mass is 9.80. The summed E-state index contributed by atoms with van der Waals surface area (Å²) in [5, 5.41) is 0. The minimum atomic E-state index is -0.806. The third kappa shape index (κ3) is 5.20. The first-order valence-corrected chi connectivity index (χ1v) is 9.49. The zero-order valence-corrected chi connectivity index (χ0v) is 18.2. The molecule has 0 spiro atoms. The third-order valence-electron chi connectivity index (χ3n) is 4.93. The molecule has 0 aromatic heterocycles. The Labute approximate surface area is 177 Å². The number of rotatable bonds is 10. The quantitative estimate of drug-likeness (QED) is 0.542. The summed E-state index contributed by atoms with van der Waals surface area (Å²) in [5.74, 6) is 0.663. The molecule has 30 heavy (non-hydrogen) atoms. The lowest BCUT2D eigenvalue weighted by Gasteiger charge is -2.22. The molecule has 0 saturated heterocycles. The summed E-state index contributed by atoms with van der Waals surface area (Å²) in [5.41, 5.74) is 1.63. The summed E-state index contributed by atoms with van der Waals surface area (Å²) in [7, 11) is 6.24.